The first-order valence-corrected chi connectivity index (χ1v) is 12.6. The van der Waals surface area contributed by atoms with Crippen LogP contribution in [-0.4, -0.2) is 29.1 Å². The highest BCUT2D eigenvalue weighted by molar-refractivity contribution is 6.31. The number of ether oxygens (including phenoxy) is 2. The summed E-state index contributed by atoms with van der Waals surface area (Å²) in [6.45, 7) is 6.91. The van der Waals surface area contributed by atoms with E-state index < -0.39 is 6.09 Å². The molecule has 1 amide bonds. The second-order valence-corrected chi connectivity index (χ2v) is 9.84. The molecule has 1 N–H and O–H groups in total. The van der Waals surface area contributed by atoms with Gasteiger partial charge < -0.3 is 14.5 Å². The van der Waals surface area contributed by atoms with Gasteiger partial charge in [0.05, 0.1) is 6.61 Å². The van der Waals surface area contributed by atoms with Gasteiger partial charge in [-0.2, -0.15) is 0 Å². The fourth-order valence-corrected chi connectivity index (χ4v) is 4.81. The minimum Gasteiger partial charge on any atom is -0.493 e. The molecule has 2 heterocycles. The fraction of sp³-hybridized carbons (Fsp3) is 0.207. The zero-order valence-electron chi connectivity index (χ0n) is 19.8. The molecule has 7 heteroatoms. The number of carbonyl (C=O) groups is 1. The number of benzene rings is 3. The average molecular weight is 521 g/mol. The van der Waals surface area contributed by atoms with Gasteiger partial charge >= 0.3 is 6.09 Å². The maximum absolute atomic E-state index is 13.4. The van der Waals surface area contributed by atoms with Crippen LogP contribution < -0.4 is 9.47 Å². The van der Waals surface area contributed by atoms with Crippen molar-refractivity contribution in [2.45, 2.75) is 19.4 Å². The molecule has 0 saturated carbocycles. The van der Waals surface area contributed by atoms with E-state index in [4.69, 9.17) is 32.7 Å². The highest BCUT2D eigenvalue weighted by Crippen LogP contribution is 2.40. The number of H-pyrrole nitrogens is 1. The van der Waals surface area contributed by atoms with Crippen molar-refractivity contribution >= 4 is 40.2 Å². The first-order chi connectivity index (χ1) is 17.4. The van der Waals surface area contributed by atoms with Crippen LogP contribution in [0.3, 0.4) is 0 Å². The lowest BCUT2D eigenvalue weighted by Crippen LogP contribution is -2.42. The van der Waals surface area contributed by atoms with Crippen LogP contribution in [0.1, 0.15) is 29.8 Å². The Bertz CT molecular complexity index is 1400. The molecule has 2 unspecified atom stereocenters. The summed E-state index contributed by atoms with van der Waals surface area (Å²) in [5, 5.41) is 2.34. The molecule has 36 heavy (non-hydrogen) atoms. The topological polar surface area (TPSA) is 54.6 Å². The minimum atomic E-state index is -0.426. The zero-order chi connectivity index (χ0) is 25.2. The summed E-state index contributed by atoms with van der Waals surface area (Å²) in [5.74, 6) is 1.46. The maximum atomic E-state index is 13.4. The predicted molar refractivity (Wildman–Crippen MR) is 144 cm³/mol. The number of carbonyl (C=O) groups excluding carboxylic acids is 1. The number of rotatable bonds is 6. The molecule has 5 rings (SSSR count). The molecule has 0 fully saturated rings. The second-order valence-electron chi connectivity index (χ2n) is 8.97. The molecule has 184 valence electrons. The number of hydrogen-bond acceptors (Lipinski definition) is 3. The number of halogens is 2. The lowest BCUT2D eigenvalue weighted by atomic mass is 9.92. The van der Waals surface area contributed by atoms with Crippen LogP contribution in [0.15, 0.2) is 79.4 Å². The third kappa shape index (κ3) is 4.95. The molecule has 0 aliphatic carbocycles. The van der Waals surface area contributed by atoms with Gasteiger partial charge in [0.1, 0.15) is 17.5 Å². The summed E-state index contributed by atoms with van der Waals surface area (Å²) in [6, 6.07) is 20.1. The van der Waals surface area contributed by atoms with Crippen LogP contribution in [0.5, 0.6) is 11.5 Å². The Morgan fingerprint density at radius 2 is 1.78 bits per heavy atom. The quantitative estimate of drug-likeness (QED) is 0.263. The van der Waals surface area contributed by atoms with Crippen molar-refractivity contribution in [3.05, 3.63) is 106 Å². The lowest BCUT2D eigenvalue weighted by molar-refractivity contribution is 0.135. The van der Waals surface area contributed by atoms with E-state index in [2.05, 4.69) is 18.5 Å². The number of nitrogens with one attached hydrogen (secondary N) is 1. The summed E-state index contributed by atoms with van der Waals surface area (Å²) < 4.78 is 11.6. The molecule has 0 bridgehead atoms. The molecular weight excluding hydrogens is 495 g/mol. The molecular formula is C29H26Cl2N2O3. The van der Waals surface area contributed by atoms with Crippen molar-refractivity contribution in [2.75, 3.05) is 13.2 Å². The third-order valence-electron chi connectivity index (χ3n) is 6.45. The molecule has 5 nitrogen and oxygen atoms in total. The molecule has 0 radical (unpaired) electrons. The molecule has 1 aliphatic rings. The van der Waals surface area contributed by atoms with E-state index in [-0.39, 0.29) is 12.0 Å². The number of aromatic amines is 1. The highest BCUT2D eigenvalue weighted by atomic mass is 35.5. The van der Waals surface area contributed by atoms with Gasteiger partial charge in [-0.15, -0.1) is 6.58 Å². The summed E-state index contributed by atoms with van der Waals surface area (Å²) in [7, 11) is 0. The Morgan fingerprint density at radius 3 is 2.50 bits per heavy atom. The fourth-order valence-electron chi connectivity index (χ4n) is 4.51. The highest BCUT2D eigenvalue weighted by Gasteiger charge is 2.35. The van der Waals surface area contributed by atoms with Crippen LogP contribution in [0.4, 0.5) is 4.79 Å². The Balaban J connectivity index is 1.50. The number of aromatic nitrogens is 1. The van der Waals surface area contributed by atoms with Gasteiger partial charge in [0.25, 0.3) is 0 Å². The Labute approximate surface area is 220 Å². The first-order valence-electron chi connectivity index (χ1n) is 11.8. The van der Waals surface area contributed by atoms with Crippen molar-refractivity contribution in [3.63, 3.8) is 0 Å². The van der Waals surface area contributed by atoms with Gasteiger partial charge in [-0.25, -0.2) is 4.79 Å². The number of hydrogen-bond donors (Lipinski definition) is 1. The smallest absolute Gasteiger partial charge is 0.416 e. The van der Waals surface area contributed by atoms with E-state index >= 15 is 0 Å². The van der Waals surface area contributed by atoms with Gasteiger partial charge in [0.15, 0.2) is 0 Å². The van der Waals surface area contributed by atoms with E-state index in [9.17, 15) is 4.79 Å². The van der Waals surface area contributed by atoms with Crippen molar-refractivity contribution in [1.29, 1.82) is 0 Å². The first kappa shape index (κ1) is 24.3. The number of amides is 1. The maximum Gasteiger partial charge on any atom is 0.416 e. The molecule has 4 aromatic rings. The Hall–Kier alpha value is -3.41. The average Bonchev–Trinajstić information content (AvgIpc) is 3.26. The van der Waals surface area contributed by atoms with Crippen molar-refractivity contribution in [2.24, 2.45) is 5.92 Å². The van der Waals surface area contributed by atoms with Gasteiger partial charge in [-0.05, 0) is 72.1 Å². The van der Waals surface area contributed by atoms with Gasteiger partial charge in [-0.3, -0.25) is 4.90 Å². The molecule has 1 aliphatic heterocycles. The summed E-state index contributed by atoms with van der Waals surface area (Å²) >= 11 is 12.3. The largest absolute Gasteiger partial charge is 0.493 e. The molecule has 0 saturated heterocycles. The van der Waals surface area contributed by atoms with Crippen LogP contribution >= 0.6 is 23.2 Å². The van der Waals surface area contributed by atoms with Crippen LogP contribution in [0.2, 0.25) is 10.0 Å². The summed E-state index contributed by atoms with van der Waals surface area (Å²) in [5.41, 5.74) is 4.06. The lowest BCUT2D eigenvalue weighted by Gasteiger charge is -2.35. The van der Waals surface area contributed by atoms with Crippen molar-refractivity contribution in [3.8, 4) is 11.5 Å². The SMILES string of the molecule is C=CC(C)COc1ccc(C2c3[nH]c4ccc(Cl)cc4c3CCN2C(=O)Oc2ccc(Cl)cc2)cc1. The number of fused-ring (bicyclic) bond motifs is 3. The monoisotopic (exact) mass is 520 g/mol. The third-order valence-corrected chi connectivity index (χ3v) is 6.94. The van der Waals surface area contributed by atoms with Crippen molar-refractivity contribution in [1.82, 2.24) is 9.88 Å². The predicted octanol–water partition coefficient (Wildman–Crippen LogP) is 7.82. The summed E-state index contributed by atoms with van der Waals surface area (Å²) in [4.78, 5) is 18.7. The van der Waals surface area contributed by atoms with Gasteiger partial charge in [0.2, 0.25) is 0 Å². The van der Waals surface area contributed by atoms with E-state index in [1.807, 2.05) is 48.5 Å². The van der Waals surface area contributed by atoms with Gasteiger partial charge in [-0.1, -0.05) is 48.3 Å². The van der Waals surface area contributed by atoms with E-state index in [0.717, 1.165) is 33.5 Å². The van der Waals surface area contributed by atoms with E-state index in [0.29, 0.717) is 35.4 Å². The minimum absolute atomic E-state index is 0.252. The van der Waals surface area contributed by atoms with Crippen LogP contribution in [0.25, 0.3) is 10.9 Å². The normalized spacial score (nSPS) is 15.9. The van der Waals surface area contributed by atoms with E-state index in [1.54, 1.807) is 29.2 Å². The van der Waals surface area contributed by atoms with E-state index in [1.165, 1.54) is 0 Å². The van der Waals surface area contributed by atoms with Crippen LogP contribution in [0, 0.1) is 5.92 Å². The Morgan fingerprint density at radius 1 is 1.08 bits per heavy atom. The zero-order valence-corrected chi connectivity index (χ0v) is 21.4. The van der Waals surface area contributed by atoms with Crippen LogP contribution in [-0.2, 0) is 6.42 Å². The molecule has 1 aromatic heterocycles. The number of nitrogens with zero attached hydrogens (tertiary/aromatic N) is 1. The van der Waals surface area contributed by atoms with Gasteiger partial charge in [0, 0.05) is 39.1 Å². The standard InChI is InChI=1S/C29H26Cl2N2O3/c1-3-18(2)17-35-22-9-4-19(5-10-22)28-27-24(25-16-21(31)8-13-26(25)32-27)14-15-33(28)29(34)36-23-11-6-20(30)7-12-23/h3-13,16,18,28,32H,1,14-15,17H2,2H3. The molecule has 3 aromatic carbocycles. The second kappa shape index (κ2) is 10.3. The van der Waals surface area contributed by atoms with Crippen molar-refractivity contribution < 1.29 is 14.3 Å². The summed E-state index contributed by atoms with van der Waals surface area (Å²) in [6.07, 6.45) is 2.12. The molecule has 0 spiro atoms. The molecule has 2 atom stereocenters. The Kier molecular flexibility index (Phi) is 6.95.